The molecule has 1 aromatic carbocycles. The molecule has 1 amide bonds. The van der Waals surface area contributed by atoms with Crippen LogP contribution in [0.1, 0.15) is 0 Å². The quantitative estimate of drug-likeness (QED) is 0.762. The van der Waals surface area contributed by atoms with E-state index in [9.17, 15) is 4.79 Å². The summed E-state index contributed by atoms with van der Waals surface area (Å²) in [6.45, 7) is 3.25. The van der Waals surface area contributed by atoms with Crippen molar-refractivity contribution in [3.63, 3.8) is 0 Å². The molecular formula is C18H20N6O2. The predicted molar refractivity (Wildman–Crippen MR) is 97.6 cm³/mol. The zero-order valence-corrected chi connectivity index (χ0v) is 14.6. The van der Waals surface area contributed by atoms with Gasteiger partial charge in [0.05, 0.1) is 19.8 Å². The predicted octanol–water partition coefficient (Wildman–Crippen LogP) is 1.30. The number of benzene rings is 1. The number of aryl methyl sites for hydroxylation is 1. The van der Waals surface area contributed by atoms with E-state index in [0.29, 0.717) is 25.6 Å². The van der Waals surface area contributed by atoms with Gasteiger partial charge < -0.3 is 14.6 Å². The first-order valence-corrected chi connectivity index (χ1v) is 8.53. The van der Waals surface area contributed by atoms with Gasteiger partial charge in [0.1, 0.15) is 12.1 Å². The summed E-state index contributed by atoms with van der Waals surface area (Å²) in [5.41, 5.74) is 0.967. The molecular weight excluding hydrogens is 332 g/mol. The lowest BCUT2D eigenvalue weighted by atomic mass is 10.1. The lowest BCUT2D eigenvalue weighted by Gasteiger charge is -2.25. The minimum atomic E-state index is -0.0665. The number of hydrogen-bond donors (Lipinski definition) is 1. The smallest absolute Gasteiger partial charge is 0.239 e. The fraction of sp³-hybridized carbons (Fsp3) is 0.333. The molecule has 1 N–H and O–H groups in total. The molecule has 0 aliphatic carbocycles. The summed E-state index contributed by atoms with van der Waals surface area (Å²) in [5, 5.41) is 12.9. The molecule has 3 heterocycles. The van der Waals surface area contributed by atoms with Crippen molar-refractivity contribution in [2.75, 3.05) is 38.2 Å². The molecule has 2 aromatic heterocycles. The van der Waals surface area contributed by atoms with Crippen molar-refractivity contribution >= 4 is 22.5 Å². The molecule has 0 unspecified atom stereocenters. The van der Waals surface area contributed by atoms with E-state index in [2.05, 4.69) is 25.4 Å². The minimum absolute atomic E-state index is 0.0665. The molecule has 0 bridgehead atoms. The zero-order valence-electron chi connectivity index (χ0n) is 14.6. The Kier molecular flexibility index (Phi) is 4.59. The number of nitrogens with zero attached hydrogens (tertiary/aromatic N) is 5. The van der Waals surface area contributed by atoms with E-state index < -0.39 is 0 Å². The van der Waals surface area contributed by atoms with Gasteiger partial charge in [-0.15, -0.1) is 10.2 Å². The summed E-state index contributed by atoms with van der Waals surface area (Å²) in [4.78, 5) is 18.7. The van der Waals surface area contributed by atoms with Crippen LogP contribution >= 0.6 is 0 Å². The third-order valence-electron chi connectivity index (χ3n) is 4.43. The number of anilines is 1. The second-order valence-corrected chi connectivity index (χ2v) is 6.33. The standard InChI is InChI=1S/C18H20N6O2/c1-23-12-20-22-18(23)13-2-3-14-10-19-16(9-15(14)8-13)21-17(25)11-24-4-6-26-7-5-24/h2-3,8-10,12H,4-7,11H2,1H3,(H,19,21,25). The highest BCUT2D eigenvalue weighted by Crippen LogP contribution is 2.23. The number of ether oxygens (including phenoxy) is 1. The van der Waals surface area contributed by atoms with Gasteiger partial charge in [0.25, 0.3) is 0 Å². The molecule has 1 fully saturated rings. The molecule has 1 aliphatic rings. The lowest BCUT2D eigenvalue weighted by Crippen LogP contribution is -2.41. The van der Waals surface area contributed by atoms with Crippen molar-refractivity contribution in [2.24, 2.45) is 7.05 Å². The summed E-state index contributed by atoms with van der Waals surface area (Å²) < 4.78 is 7.17. The largest absolute Gasteiger partial charge is 0.379 e. The van der Waals surface area contributed by atoms with Gasteiger partial charge in [-0.3, -0.25) is 9.69 Å². The minimum Gasteiger partial charge on any atom is -0.379 e. The topological polar surface area (TPSA) is 85.2 Å². The summed E-state index contributed by atoms with van der Waals surface area (Å²) >= 11 is 0. The SMILES string of the molecule is Cn1cnnc1-c1ccc2cnc(NC(=O)CN3CCOCC3)cc2c1. The number of fused-ring (bicyclic) bond motifs is 1. The van der Waals surface area contributed by atoms with Crippen molar-refractivity contribution in [2.45, 2.75) is 0 Å². The van der Waals surface area contributed by atoms with Crippen LogP contribution < -0.4 is 5.32 Å². The summed E-state index contributed by atoms with van der Waals surface area (Å²) in [7, 11) is 1.91. The second kappa shape index (κ2) is 7.19. The Bertz CT molecular complexity index is 932. The molecule has 4 rings (SSSR count). The first-order valence-electron chi connectivity index (χ1n) is 8.53. The van der Waals surface area contributed by atoms with Crippen molar-refractivity contribution in [3.05, 3.63) is 36.8 Å². The van der Waals surface area contributed by atoms with Crippen molar-refractivity contribution in [1.29, 1.82) is 0 Å². The number of rotatable bonds is 4. The number of aromatic nitrogens is 4. The average molecular weight is 352 g/mol. The Morgan fingerprint density at radius 3 is 2.85 bits per heavy atom. The fourth-order valence-corrected chi connectivity index (χ4v) is 3.04. The molecule has 0 radical (unpaired) electrons. The van der Waals surface area contributed by atoms with E-state index in [1.807, 2.05) is 35.9 Å². The average Bonchev–Trinajstić information content (AvgIpc) is 3.08. The van der Waals surface area contributed by atoms with Crippen molar-refractivity contribution in [3.8, 4) is 11.4 Å². The molecule has 0 saturated carbocycles. The number of nitrogens with one attached hydrogen (secondary N) is 1. The number of carbonyl (C=O) groups is 1. The molecule has 1 aliphatic heterocycles. The normalized spacial score (nSPS) is 15.3. The first-order chi connectivity index (χ1) is 12.7. The number of hydrogen-bond acceptors (Lipinski definition) is 6. The van der Waals surface area contributed by atoms with Gasteiger partial charge in [0.15, 0.2) is 5.82 Å². The monoisotopic (exact) mass is 352 g/mol. The molecule has 8 nitrogen and oxygen atoms in total. The Morgan fingerprint density at radius 1 is 1.23 bits per heavy atom. The van der Waals surface area contributed by atoms with Gasteiger partial charge in [-0.05, 0) is 17.5 Å². The van der Waals surface area contributed by atoms with Gasteiger partial charge in [-0.1, -0.05) is 12.1 Å². The van der Waals surface area contributed by atoms with E-state index in [4.69, 9.17) is 4.74 Å². The number of pyridine rings is 1. The number of amides is 1. The first kappa shape index (κ1) is 16.6. The van der Waals surface area contributed by atoms with Crippen LogP contribution in [0.2, 0.25) is 0 Å². The van der Waals surface area contributed by atoms with Crippen LogP contribution in [0.15, 0.2) is 36.8 Å². The van der Waals surface area contributed by atoms with Crippen LogP contribution in [0.5, 0.6) is 0 Å². The third kappa shape index (κ3) is 3.56. The van der Waals surface area contributed by atoms with E-state index in [0.717, 1.165) is 35.2 Å². The Morgan fingerprint density at radius 2 is 2.08 bits per heavy atom. The third-order valence-corrected chi connectivity index (χ3v) is 4.43. The van der Waals surface area contributed by atoms with E-state index in [1.165, 1.54) is 0 Å². The molecule has 0 atom stereocenters. The fourth-order valence-electron chi connectivity index (χ4n) is 3.04. The molecule has 134 valence electrons. The van der Waals surface area contributed by atoms with Gasteiger partial charge >= 0.3 is 0 Å². The van der Waals surface area contributed by atoms with E-state index >= 15 is 0 Å². The summed E-state index contributed by atoms with van der Waals surface area (Å²) in [6, 6.07) is 7.89. The van der Waals surface area contributed by atoms with Crippen molar-refractivity contribution in [1.82, 2.24) is 24.6 Å². The summed E-state index contributed by atoms with van der Waals surface area (Å²) in [6.07, 6.45) is 3.43. The van der Waals surface area contributed by atoms with Crippen LogP contribution in [0, 0.1) is 0 Å². The van der Waals surface area contributed by atoms with Crippen LogP contribution in [-0.4, -0.2) is 63.4 Å². The molecule has 8 heteroatoms. The van der Waals surface area contributed by atoms with Gasteiger partial charge in [0, 0.05) is 37.3 Å². The Hall–Kier alpha value is -2.84. The second-order valence-electron chi connectivity index (χ2n) is 6.33. The van der Waals surface area contributed by atoms with Crippen LogP contribution in [-0.2, 0) is 16.6 Å². The zero-order chi connectivity index (χ0) is 17.9. The van der Waals surface area contributed by atoms with Crippen LogP contribution in [0.25, 0.3) is 22.2 Å². The highest BCUT2D eigenvalue weighted by atomic mass is 16.5. The van der Waals surface area contributed by atoms with E-state index in [1.54, 1.807) is 12.5 Å². The van der Waals surface area contributed by atoms with Crippen LogP contribution in [0.4, 0.5) is 5.82 Å². The maximum atomic E-state index is 12.3. The van der Waals surface area contributed by atoms with E-state index in [-0.39, 0.29) is 5.91 Å². The molecule has 1 saturated heterocycles. The molecule has 0 spiro atoms. The Balaban J connectivity index is 1.52. The van der Waals surface area contributed by atoms with Crippen molar-refractivity contribution < 1.29 is 9.53 Å². The van der Waals surface area contributed by atoms with Gasteiger partial charge in [0.2, 0.25) is 5.91 Å². The molecule has 26 heavy (non-hydrogen) atoms. The lowest BCUT2D eigenvalue weighted by molar-refractivity contribution is -0.118. The highest BCUT2D eigenvalue weighted by molar-refractivity contribution is 5.94. The molecule has 3 aromatic rings. The van der Waals surface area contributed by atoms with Gasteiger partial charge in [-0.25, -0.2) is 4.98 Å². The van der Waals surface area contributed by atoms with Gasteiger partial charge in [-0.2, -0.15) is 0 Å². The summed E-state index contributed by atoms with van der Waals surface area (Å²) in [5.74, 6) is 1.27. The maximum absolute atomic E-state index is 12.3. The maximum Gasteiger partial charge on any atom is 0.239 e. The Labute approximate surface area is 150 Å². The highest BCUT2D eigenvalue weighted by Gasteiger charge is 2.14. The number of morpholine rings is 1. The van der Waals surface area contributed by atoms with Crippen LogP contribution in [0.3, 0.4) is 0 Å². The number of carbonyl (C=O) groups excluding carboxylic acids is 1.